The van der Waals surface area contributed by atoms with Crippen molar-refractivity contribution in [3.63, 3.8) is 0 Å². The molecule has 2 aromatic carbocycles. The van der Waals surface area contributed by atoms with Crippen molar-refractivity contribution in [2.24, 2.45) is 0 Å². The van der Waals surface area contributed by atoms with Crippen LogP contribution < -0.4 is 5.32 Å². The van der Waals surface area contributed by atoms with E-state index in [0.29, 0.717) is 10.5 Å². The van der Waals surface area contributed by atoms with Crippen LogP contribution in [0, 0.1) is 5.82 Å². The molecule has 0 aliphatic carbocycles. The van der Waals surface area contributed by atoms with Gasteiger partial charge in [0.25, 0.3) is 0 Å². The Morgan fingerprint density at radius 3 is 2.60 bits per heavy atom. The molecule has 2 aromatic rings. The molecule has 1 heterocycles. The highest BCUT2D eigenvalue weighted by Crippen LogP contribution is 2.26. The third kappa shape index (κ3) is 2.54. The van der Waals surface area contributed by atoms with Crippen LogP contribution in [0.2, 0.25) is 0 Å². The fraction of sp³-hybridized carbons (Fsp3) is 0.200. The van der Waals surface area contributed by atoms with Crippen molar-refractivity contribution in [3.05, 3.63) is 59.4 Å². The summed E-state index contributed by atoms with van der Waals surface area (Å²) in [4.78, 5) is 0.323. The summed E-state index contributed by atoms with van der Waals surface area (Å²) < 4.78 is 37.6. The lowest BCUT2D eigenvalue weighted by Crippen LogP contribution is -2.05. The monoisotopic (exact) mass is 291 g/mol. The molecule has 0 radical (unpaired) electrons. The summed E-state index contributed by atoms with van der Waals surface area (Å²) >= 11 is 0. The summed E-state index contributed by atoms with van der Waals surface area (Å²) in [5.74, 6) is -0.478. The van der Waals surface area contributed by atoms with Crippen molar-refractivity contribution in [1.29, 1.82) is 0 Å². The molecule has 0 unspecified atom stereocenters. The third-order valence-electron chi connectivity index (χ3n) is 3.42. The van der Waals surface area contributed by atoms with Gasteiger partial charge in [-0.05, 0) is 47.9 Å². The maximum Gasteiger partial charge on any atom is 0.182 e. The zero-order chi connectivity index (χ0) is 14.2. The van der Waals surface area contributed by atoms with Crippen LogP contribution in [0.15, 0.2) is 47.4 Å². The molecular weight excluding hydrogens is 277 g/mol. The van der Waals surface area contributed by atoms with Crippen LogP contribution in [-0.2, 0) is 22.0 Å². The molecule has 20 heavy (non-hydrogen) atoms. The van der Waals surface area contributed by atoms with Crippen LogP contribution in [0.4, 0.5) is 10.1 Å². The second kappa shape index (κ2) is 4.90. The molecule has 104 valence electrons. The predicted octanol–water partition coefficient (Wildman–Crippen LogP) is 2.77. The van der Waals surface area contributed by atoms with Crippen LogP contribution >= 0.6 is 0 Å². The largest absolute Gasteiger partial charge is 0.384 e. The first kappa shape index (κ1) is 13.1. The van der Waals surface area contributed by atoms with Gasteiger partial charge >= 0.3 is 0 Å². The normalized spacial score (nSPS) is 13.8. The summed E-state index contributed by atoms with van der Waals surface area (Å²) in [6.07, 6.45) is 0.843. The molecule has 0 atom stereocenters. The van der Waals surface area contributed by atoms with Gasteiger partial charge in [-0.25, -0.2) is 12.8 Å². The number of hydrogen-bond acceptors (Lipinski definition) is 3. The molecule has 3 rings (SSSR count). The molecule has 0 fully saturated rings. The van der Waals surface area contributed by atoms with Crippen molar-refractivity contribution in [2.45, 2.75) is 17.1 Å². The molecule has 0 saturated heterocycles. The van der Waals surface area contributed by atoms with Crippen LogP contribution in [0.3, 0.4) is 0 Å². The fourth-order valence-corrected chi connectivity index (χ4v) is 3.75. The number of nitrogens with one attached hydrogen (secondary N) is 1. The van der Waals surface area contributed by atoms with E-state index in [1.807, 2.05) is 0 Å². The summed E-state index contributed by atoms with van der Waals surface area (Å²) in [5, 5.41) is 3.20. The van der Waals surface area contributed by atoms with Crippen LogP contribution in [0.1, 0.15) is 11.1 Å². The van der Waals surface area contributed by atoms with Crippen molar-refractivity contribution in [2.75, 3.05) is 11.9 Å². The van der Waals surface area contributed by atoms with E-state index in [1.165, 1.54) is 24.3 Å². The van der Waals surface area contributed by atoms with E-state index in [4.69, 9.17) is 0 Å². The lowest BCUT2D eigenvalue weighted by Gasteiger charge is -2.07. The lowest BCUT2D eigenvalue weighted by molar-refractivity contribution is 0.594. The first-order valence-corrected chi connectivity index (χ1v) is 8.04. The molecule has 3 nitrogen and oxygen atoms in total. The van der Waals surface area contributed by atoms with Gasteiger partial charge < -0.3 is 5.32 Å². The van der Waals surface area contributed by atoms with Gasteiger partial charge in [0.15, 0.2) is 9.84 Å². The zero-order valence-corrected chi connectivity index (χ0v) is 11.6. The third-order valence-corrected chi connectivity index (χ3v) is 5.10. The van der Waals surface area contributed by atoms with Gasteiger partial charge in [0.2, 0.25) is 0 Å². The molecule has 1 aliphatic rings. The van der Waals surface area contributed by atoms with Crippen molar-refractivity contribution in [3.8, 4) is 0 Å². The Hall–Kier alpha value is -1.88. The van der Waals surface area contributed by atoms with Gasteiger partial charge in [-0.15, -0.1) is 0 Å². The van der Waals surface area contributed by atoms with E-state index >= 15 is 0 Å². The first-order valence-electron chi connectivity index (χ1n) is 6.39. The van der Waals surface area contributed by atoms with Gasteiger partial charge in [-0.1, -0.05) is 12.1 Å². The van der Waals surface area contributed by atoms with Crippen molar-refractivity contribution >= 4 is 15.5 Å². The van der Waals surface area contributed by atoms with E-state index in [-0.39, 0.29) is 11.6 Å². The number of rotatable bonds is 3. The summed E-state index contributed by atoms with van der Waals surface area (Å²) in [6.45, 7) is 0.844. The molecular formula is C15H14FNO2S. The molecule has 0 saturated carbocycles. The number of halogens is 1. The molecule has 0 amide bonds. The topological polar surface area (TPSA) is 46.2 Å². The minimum Gasteiger partial charge on any atom is -0.384 e. The number of fused-ring (bicyclic) bond motifs is 1. The lowest BCUT2D eigenvalue weighted by atomic mass is 10.2. The van der Waals surface area contributed by atoms with Crippen molar-refractivity contribution in [1.82, 2.24) is 0 Å². The van der Waals surface area contributed by atoms with E-state index in [9.17, 15) is 12.8 Å². The fourth-order valence-electron chi connectivity index (χ4n) is 2.36. The molecule has 0 spiro atoms. The number of sulfone groups is 1. The van der Waals surface area contributed by atoms with E-state index in [2.05, 4.69) is 5.32 Å². The van der Waals surface area contributed by atoms with Gasteiger partial charge in [-0.2, -0.15) is 0 Å². The van der Waals surface area contributed by atoms with E-state index < -0.39 is 9.84 Å². The smallest absolute Gasteiger partial charge is 0.182 e. The minimum atomic E-state index is -3.40. The van der Waals surface area contributed by atoms with Gasteiger partial charge in [-0.3, -0.25) is 0 Å². The zero-order valence-electron chi connectivity index (χ0n) is 10.8. The molecule has 5 heteroatoms. The number of hydrogen-bond donors (Lipinski definition) is 1. The van der Waals surface area contributed by atoms with Crippen LogP contribution in [0.25, 0.3) is 0 Å². The Morgan fingerprint density at radius 1 is 1.10 bits per heavy atom. The van der Waals surface area contributed by atoms with E-state index in [0.717, 1.165) is 24.2 Å². The highest BCUT2D eigenvalue weighted by atomic mass is 32.2. The standard InChI is InChI=1S/C15H14FNO2S/c16-13-3-1-11(2-4-13)10-20(18,19)14-5-6-15-12(9-14)7-8-17-15/h1-6,9,17H,7-8,10H2. The second-order valence-corrected chi connectivity index (χ2v) is 6.87. The average Bonchev–Trinajstić information content (AvgIpc) is 2.88. The Labute approximate surface area is 117 Å². The SMILES string of the molecule is O=S(=O)(Cc1ccc(F)cc1)c1ccc2c(c1)CCN2. The predicted molar refractivity (Wildman–Crippen MR) is 75.9 cm³/mol. The van der Waals surface area contributed by atoms with Gasteiger partial charge in [0, 0.05) is 12.2 Å². The summed E-state index contributed by atoms with van der Waals surface area (Å²) in [5.41, 5.74) is 2.63. The van der Waals surface area contributed by atoms with Gasteiger partial charge in [0.05, 0.1) is 10.6 Å². The maximum atomic E-state index is 12.8. The molecule has 1 N–H and O–H groups in total. The number of benzene rings is 2. The quantitative estimate of drug-likeness (QED) is 0.946. The van der Waals surface area contributed by atoms with E-state index in [1.54, 1.807) is 18.2 Å². The van der Waals surface area contributed by atoms with Crippen molar-refractivity contribution < 1.29 is 12.8 Å². The summed E-state index contributed by atoms with van der Waals surface area (Å²) in [6, 6.07) is 10.7. The van der Waals surface area contributed by atoms with Crippen LogP contribution in [0.5, 0.6) is 0 Å². The first-order chi connectivity index (χ1) is 9.54. The molecule has 0 bridgehead atoms. The Bertz CT molecular complexity index is 739. The number of anilines is 1. The second-order valence-electron chi connectivity index (χ2n) is 4.88. The molecule has 0 aromatic heterocycles. The Balaban J connectivity index is 1.90. The minimum absolute atomic E-state index is 0.112. The van der Waals surface area contributed by atoms with Crippen LogP contribution in [-0.4, -0.2) is 15.0 Å². The Morgan fingerprint density at radius 2 is 1.85 bits per heavy atom. The maximum absolute atomic E-state index is 12.8. The highest BCUT2D eigenvalue weighted by Gasteiger charge is 2.19. The average molecular weight is 291 g/mol. The molecule has 1 aliphatic heterocycles. The Kier molecular flexibility index (Phi) is 3.22. The highest BCUT2D eigenvalue weighted by molar-refractivity contribution is 7.90. The van der Waals surface area contributed by atoms with Gasteiger partial charge in [0.1, 0.15) is 5.82 Å². The summed E-state index contributed by atoms with van der Waals surface area (Å²) in [7, 11) is -3.40.